The summed E-state index contributed by atoms with van der Waals surface area (Å²) in [6, 6.07) is 13.7. The first kappa shape index (κ1) is 17.3. The molecule has 132 valence electrons. The van der Waals surface area contributed by atoms with Crippen molar-refractivity contribution in [3.8, 4) is 11.3 Å². The molecule has 0 radical (unpaired) electrons. The first-order valence-electron chi connectivity index (χ1n) is 8.15. The van der Waals surface area contributed by atoms with Gasteiger partial charge in [-0.05, 0) is 24.6 Å². The zero-order chi connectivity index (χ0) is 18.4. The number of anilines is 2. The number of aromatic nitrogens is 3. The van der Waals surface area contributed by atoms with Crippen LogP contribution in [0, 0.1) is 6.92 Å². The third-order valence-electron chi connectivity index (χ3n) is 3.69. The molecule has 2 aromatic heterocycles. The van der Waals surface area contributed by atoms with E-state index in [9.17, 15) is 4.79 Å². The predicted octanol–water partition coefficient (Wildman–Crippen LogP) is 2.96. The lowest BCUT2D eigenvalue weighted by Gasteiger charge is -2.11. The van der Waals surface area contributed by atoms with E-state index in [1.165, 1.54) is 5.56 Å². The Kier molecular flexibility index (Phi) is 5.38. The maximum Gasteiger partial charge on any atom is 0.322 e. The van der Waals surface area contributed by atoms with Gasteiger partial charge in [0, 0.05) is 30.6 Å². The van der Waals surface area contributed by atoms with Gasteiger partial charge in [-0.2, -0.15) is 4.98 Å². The molecule has 7 nitrogen and oxygen atoms in total. The maximum absolute atomic E-state index is 10.8. The van der Waals surface area contributed by atoms with Crippen molar-refractivity contribution in [2.45, 2.75) is 13.5 Å². The minimum atomic E-state index is -0.975. The molecule has 0 spiro atoms. The summed E-state index contributed by atoms with van der Waals surface area (Å²) in [6.07, 6.45) is 3.36. The highest BCUT2D eigenvalue weighted by atomic mass is 16.4. The smallest absolute Gasteiger partial charge is 0.322 e. The molecule has 2 heterocycles. The first-order valence-corrected chi connectivity index (χ1v) is 8.15. The van der Waals surface area contributed by atoms with Gasteiger partial charge in [0.2, 0.25) is 5.95 Å². The van der Waals surface area contributed by atoms with Crippen molar-refractivity contribution in [2.24, 2.45) is 0 Å². The number of carbonyl (C=O) groups is 1. The molecule has 0 amide bonds. The summed E-state index contributed by atoms with van der Waals surface area (Å²) in [5.41, 5.74) is 3.89. The van der Waals surface area contributed by atoms with Crippen molar-refractivity contribution >= 4 is 17.7 Å². The Morgan fingerprint density at radius 3 is 2.46 bits per heavy atom. The molecule has 0 aliphatic rings. The van der Waals surface area contributed by atoms with Gasteiger partial charge < -0.3 is 15.7 Å². The fourth-order valence-corrected chi connectivity index (χ4v) is 2.34. The Morgan fingerprint density at radius 1 is 1.04 bits per heavy atom. The van der Waals surface area contributed by atoms with Gasteiger partial charge in [-0.25, -0.2) is 4.98 Å². The second-order valence-electron chi connectivity index (χ2n) is 5.78. The molecule has 3 N–H and O–H groups in total. The molecule has 0 saturated carbocycles. The summed E-state index contributed by atoms with van der Waals surface area (Å²) >= 11 is 0. The number of pyridine rings is 1. The van der Waals surface area contributed by atoms with Crippen molar-refractivity contribution in [1.82, 2.24) is 15.0 Å². The standard InChI is InChI=1S/C19H19N5O2/c1-13-2-4-14(5-3-13)11-21-17-10-16(15-6-8-20-9-7-15)23-19(24-17)22-12-18(25)26/h2-10H,11-12H2,1H3,(H,25,26)(H2,21,22,23,24). The summed E-state index contributed by atoms with van der Waals surface area (Å²) in [4.78, 5) is 23.6. The lowest BCUT2D eigenvalue weighted by Crippen LogP contribution is -2.15. The van der Waals surface area contributed by atoms with Crippen LogP contribution in [-0.4, -0.2) is 32.6 Å². The second-order valence-corrected chi connectivity index (χ2v) is 5.78. The number of hydrogen-bond acceptors (Lipinski definition) is 6. The molecule has 3 aromatic rings. The van der Waals surface area contributed by atoms with Crippen LogP contribution < -0.4 is 10.6 Å². The Balaban J connectivity index is 1.83. The molecular weight excluding hydrogens is 330 g/mol. The van der Waals surface area contributed by atoms with Crippen molar-refractivity contribution < 1.29 is 9.90 Å². The van der Waals surface area contributed by atoms with Gasteiger partial charge in [-0.15, -0.1) is 0 Å². The van der Waals surface area contributed by atoms with Gasteiger partial charge in [0.15, 0.2) is 0 Å². The van der Waals surface area contributed by atoms with E-state index in [1.807, 2.05) is 25.1 Å². The fraction of sp³-hybridized carbons (Fsp3) is 0.158. The third kappa shape index (κ3) is 4.76. The average molecular weight is 349 g/mol. The molecule has 26 heavy (non-hydrogen) atoms. The number of benzene rings is 1. The quantitative estimate of drug-likeness (QED) is 0.603. The van der Waals surface area contributed by atoms with E-state index < -0.39 is 5.97 Å². The monoisotopic (exact) mass is 349 g/mol. The third-order valence-corrected chi connectivity index (χ3v) is 3.69. The van der Waals surface area contributed by atoms with Crippen molar-refractivity contribution in [1.29, 1.82) is 0 Å². The van der Waals surface area contributed by atoms with Crippen molar-refractivity contribution in [2.75, 3.05) is 17.2 Å². The highest BCUT2D eigenvalue weighted by molar-refractivity contribution is 5.72. The minimum absolute atomic E-state index is 0.253. The van der Waals surface area contributed by atoms with Crippen LogP contribution in [0.25, 0.3) is 11.3 Å². The predicted molar refractivity (Wildman–Crippen MR) is 99.9 cm³/mol. The molecule has 7 heteroatoms. The van der Waals surface area contributed by atoms with Gasteiger partial charge in [-0.1, -0.05) is 29.8 Å². The summed E-state index contributed by atoms with van der Waals surface area (Å²) in [6.45, 7) is 2.39. The van der Waals surface area contributed by atoms with Crippen LogP contribution in [0.2, 0.25) is 0 Å². The van der Waals surface area contributed by atoms with Crippen LogP contribution >= 0.6 is 0 Å². The number of carboxylic acids is 1. The number of nitrogens with one attached hydrogen (secondary N) is 2. The zero-order valence-corrected chi connectivity index (χ0v) is 14.3. The van der Waals surface area contributed by atoms with E-state index in [1.54, 1.807) is 12.4 Å². The fourth-order valence-electron chi connectivity index (χ4n) is 2.34. The van der Waals surface area contributed by atoms with Gasteiger partial charge >= 0.3 is 5.97 Å². The molecule has 0 aliphatic heterocycles. The van der Waals surface area contributed by atoms with Crippen LogP contribution in [0.3, 0.4) is 0 Å². The number of hydrogen-bond donors (Lipinski definition) is 3. The SMILES string of the molecule is Cc1ccc(CNc2cc(-c3ccncc3)nc(NCC(=O)O)n2)cc1. The van der Waals surface area contributed by atoms with Crippen molar-refractivity contribution in [3.05, 3.63) is 66.0 Å². The number of aryl methyl sites for hydroxylation is 1. The highest BCUT2D eigenvalue weighted by Crippen LogP contribution is 2.21. The molecule has 0 atom stereocenters. The molecular formula is C19H19N5O2. The Labute approximate surface area is 151 Å². The van der Waals surface area contributed by atoms with E-state index in [2.05, 4.69) is 49.9 Å². The van der Waals surface area contributed by atoms with E-state index in [0.29, 0.717) is 18.1 Å². The zero-order valence-electron chi connectivity index (χ0n) is 14.3. The number of carboxylic acid groups (broad SMARTS) is 1. The number of rotatable bonds is 7. The first-order chi connectivity index (χ1) is 12.6. The second kappa shape index (κ2) is 8.06. The summed E-state index contributed by atoms with van der Waals surface area (Å²) in [7, 11) is 0. The molecule has 0 unspecified atom stereocenters. The Morgan fingerprint density at radius 2 is 1.77 bits per heavy atom. The Bertz CT molecular complexity index is 882. The summed E-state index contributed by atoms with van der Waals surface area (Å²) in [5.74, 6) is -0.106. The minimum Gasteiger partial charge on any atom is -0.480 e. The van der Waals surface area contributed by atoms with Gasteiger partial charge in [-0.3, -0.25) is 9.78 Å². The number of nitrogens with zero attached hydrogens (tertiary/aromatic N) is 3. The van der Waals surface area contributed by atoms with Crippen molar-refractivity contribution in [3.63, 3.8) is 0 Å². The van der Waals surface area contributed by atoms with Crippen LogP contribution in [0.5, 0.6) is 0 Å². The van der Waals surface area contributed by atoms with Gasteiger partial charge in [0.1, 0.15) is 12.4 Å². The lowest BCUT2D eigenvalue weighted by molar-refractivity contribution is -0.134. The molecule has 0 saturated heterocycles. The molecule has 3 rings (SSSR count). The van der Waals surface area contributed by atoms with E-state index in [0.717, 1.165) is 11.1 Å². The van der Waals surface area contributed by atoms with Gasteiger partial charge in [0.05, 0.1) is 5.69 Å². The van der Waals surface area contributed by atoms with E-state index >= 15 is 0 Å². The summed E-state index contributed by atoms with van der Waals surface area (Å²) < 4.78 is 0. The normalized spacial score (nSPS) is 10.3. The van der Waals surface area contributed by atoms with Crippen LogP contribution in [-0.2, 0) is 11.3 Å². The van der Waals surface area contributed by atoms with E-state index in [-0.39, 0.29) is 12.5 Å². The van der Waals surface area contributed by atoms with Gasteiger partial charge in [0.25, 0.3) is 0 Å². The maximum atomic E-state index is 10.8. The average Bonchev–Trinajstić information content (AvgIpc) is 2.66. The molecule has 1 aromatic carbocycles. The van der Waals surface area contributed by atoms with Crippen LogP contribution in [0.15, 0.2) is 54.9 Å². The summed E-state index contributed by atoms with van der Waals surface area (Å²) in [5, 5.41) is 14.9. The molecule has 0 bridgehead atoms. The topological polar surface area (TPSA) is 100 Å². The van der Waals surface area contributed by atoms with Crippen LogP contribution in [0.1, 0.15) is 11.1 Å². The number of aliphatic carboxylic acids is 1. The van der Waals surface area contributed by atoms with Crippen LogP contribution in [0.4, 0.5) is 11.8 Å². The van der Waals surface area contributed by atoms with E-state index in [4.69, 9.17) is 5.11 Å². The Hall–Kier alpha value is -3.48. The molecule has 0 fully saturated rings. The molecule has 0 aliphatic carbocycles. The highest BCUT2D eigenvalue weighted by Gasteiger charge is 2.08. The largest absolute Gasteiger partial charge is 0.480 e. The lowest BCUT2D eigenvalue weighted by atomic mass is 10.1.